The molecule has 0 saturated carbocycles. The minimum absolute atomic E-state index is 0.0942. The minimum Gasteiger partial charge on any atom is -0.339 e. The minimum atomic E-state index is -9.86. The van der Waals surface area contributed by atoms with Crippen LogP contribution in [0.4, 0.5) is 19.4 Å². The molecule has 1 aliphatic heterocycles. The van der Waals surface area contributed by atoms with Gasteiger partial charge in [-0.3, -0.25) is 14.8 Å². The average Bonchev–Trinajstić information content (AvgIpc) is 2.66. The van der Waals surface area contributed by atoms with Gasteiger partial charge in [-0.05, 0) is 43.2 Å². The third kappa shape index (κ3) is 5.80. The maximum Gasteiger partial charge on any atom is 0.310 e. The van der Waals surface area contributed by atoms with Crippen LogP contribution < -0.4 is 10.8 Å². The Kier molecular flexibility index (Phi) is 7.19. The van der Waals surface area contributed by atoms with E-state index in [0.29, 0.717) is 12.1 Å². The summed E-state index contributed by atoms with van der Waals surface area (Å²) in [5.74, 6) is 0.0608. The van der Waals surface area contributed by atoms with Crippen molar-refractivity contribution in [1.82, 2.24) is 10.8 Å². The number of hydroxylamine groups is 1. The first-order valence-electron chi connectivity index (χ1n) is 8.69. The second-order valence-electron chi connectivity index (χ2n) is 6.38. The standard InChI is InChI=1S/C14H15BF5N3O3S2.C2H6/c1-27-14(6-15(7-14)8-21)11(13(25)23-26)22-12(24)9-2-4-10(5-3-9)28(16,17,18,19)20;1-2/h2-5,11,26H,6-7H2,1H3,(H,22,24)(H,23,25);1-2H3. The highest BCUT2D eigenvalue weighted by molar-refractivity contribution is 8.45. The van der Waals surface area contributed by atoms with E-state index in [-0.39, 0.29) is 37.0 Å². The smallest absolute Gasteiger partial charge is 0.310 e. The molecule has 1 atom stereocenters. The van der Waals surface area contributed by atoms with Gasteiger partial charge in [-0.25, -0.2) is 10.7 Å². The first-order valence-corrected chi connectivity index (χ1v) is 11.9. The monoisotopic (exact) mass is 473 g/mol. The van der Waals surface area contributed by atoms with Crippen LogP contribution >= 0.6 is 22.0 Å². The van der Waals surface area contributed by atoms with Gasteiger partial charge in [0, 0.05) is 16.3 Å². The quantitative estimate of drug-likeness (QED) is 0.242. The Hall–Kier alpha value is -1.98. The Bertz CT molecular complexity index is 841. The molecule has 3 N–H and O–H groups in total. The maximum absolute atomic E-state index is 12.8. The second-order valence-corrected chi connectivity index (χ2v) is 10.0. The lowest BCUT2D eigenvalue weighted by Crippen LogP contribution is -2.64. The van der Waals surface area contributed by atoms with Gasteiger partial charge in [0.15, 0.2) is 0 Å². The normalized spacial score (nSPS) is 18.2. The summed E-state index contributed by atoms with van der Waals surface area (Å²) in [4.78, 5) is 22.2. The van der Waals surface area contributed by atoms with E-state index in [1.54, 1.807) is 6.26 Å². The van der Waals surface area contributed by atoms with Gasteiger partial charge in [0.1, 0.15) is 10.9 Å². The van der Waals surface area contributed by atoms with Gasteiger partial charge in [-0.15, -0.1) is 0 Å². The SMILES string of the molecule is CC.CSC1(C(NC(=O)c2ccc(S(F)(F)(F)(F)F)cc2)C(=O)NO)CB(C#N)C1. The summed E-state index contributed by atoms with van der Waals surface area (Å²) in [6, 6.07) is 0.0378. The fraction of sp³-hybridized carbons (Fsp3) is 0.438. The number of benzene rings is 1. The van der Waals surface area contributed by atoms with E-state index in [4.69, 9.17) is 10.5 Å². The van der Waals surface area contributed by atoms with Gasteiger partial charge in [0.2, 0.25) is 0 Å². The number of rotatable bonds is 6. The number of hydrogen-bond donors (Lipinski definition) is 3. The summed E-state index contributed by atoms with van der Waals surface area (Å²) in [6.45, 7) is 3.65. The molecule has 1 heterocycles. The molecular weight excluding hydrogens is 452 g/mol. The molecule has 0 radical (unpaired) electrons. The summed E-state index contributed by atoms with van der Waals surface area (Å²) in [6.07, 6.45) is 2.12. The molecule has 2 amide bonds. The summed E-state index contributed by atoms with van der Waals surface area (Å²) in [7, 11) is -9.86. The lowest BCUT2D eigenvalue weighted by atomic mass is 9.31. The van der Waals surface area contributed by atoms with Gasteiger partial charge in [0.25, 0.3) is 18.5 Å². The molecule has 0 spiro atoms. The van der Waals surface area contributed by atoms with E-state index in [0.717, 1.165) is 0 Å². The van der Waals surface area contributed by atoms with Crippen LogP contribution in [0.1, 0.15) is 24.2 Å². The summed E-state index contributed by atoms with van der Waals surface area (Å²) >= 11 is 1.19. The molecule has 1 aliphatic rings. The van der Waals surface area contributed by atoms with Crippen LogP contribution in [0, 0.1) is 11.2 Å². The number of nitrogens with zero attached hydrogens (tertiary/aromatic N) is 1. The predicted molar refractivity (Wildman–Crippen MR) is 108 cm³/mol. The molecule has 6 nitrogen and oxygen atoms in total. The summed E-state index contributed by atoms with van der Waals surface area (Å²) in [5.41, 5.74) is 1.03. The molecule has 1 fully saturated rings. The highest BCUT2D eigenvalue weighted by atomic mass is 32.5. The van der Waals surface area contributed by atoms with E-state index in [2.05, 4.69) is 5.32 Å². The lowest BCUT2D eigenvalue weighted by molar-refractivity contribution is -0.131. The summed E-state index contributed by atoms with van der Waals surface area (Å²) < 4.78 is 62.9. The number of carbonyl (C=O) groups is 2. The number of thioether (sulfide) groups is 1. The van der Waals surface area contributed by atoms with Crippen molar-refractivity contribution in [1.29, 1.82) is 5.26 Å². The third-order valence-electron chi connectivity index (χ3n) is 4.51. The topological polar surface area (TPSA) is 102 Å². The second kappa shape index (κ2) is 8.28. The number of halogens is 5. The van der Waals surface area contributed by atoms with Crippen molar-refractivity contribution in [2.45, 2.75) is 42.2 Å². The molecule has 30 heavy (non-hydrogen) atoms. The van der Waals surface area contributed by atoms with E-state index in [9.17, 15) is 29.0 Å². The first-order chi connectivity index (χ1) is 13.7. The summed E-state index contributed by atoms with van der Waals surface area (Å²) in [5, 5.41) is 20.2. The predicted octanol–water partition coefficient (Wildman–Crippen LogP) is 4.65. The van der Waals surface area contributed by atoms with Crippen LogP contribution in [-0.4, -0.2) is 40.8 Å². The number of nitrogens with one attached hydrogen (secondary N) is 2. The number of nitriles is 1. The molecule has 168 valence electrons. The Morgan fingerprint density at radius 1 is 1.20 bits per heavy atom. The van der Waals surface area contributed by atoms with Crippen molar-refractivity contribution in [2.24, 2.45) is 0 Å². The van der Waals surface area contributed by atoms with Crippen LogP contribution in [0.25, 0.3) is 0 Å². The number of hydrogen-bond acceptors (Lipinski definition) is 5. The molecule has 1 aromatic carbocycles. The van der Waals surface area contributed by atoms with Crippen molar-refractivity contribution >= 4 is 40.5 Å². The molecule has 1 unspecified atom stereocenters. The molecule has 0 aliphatic carbocycles. The van der Waals surface area contributed by atoms with Crippen LogP contribution in [-0.2, 0) is 4.79 Å². The third-order valence-corrected chi connectivity index (χ3v) is 7.05. The average molecular weight is 473 g/mol. The largest absolute Gasteiger partial charge is 0.339 e. The van der Waals surface area contributed by atoms with Gasteiger partial charge < -0.3 is 5.32 Å². The molecular formula is C16H21BF5N3O3S2. The van der Waals surface area contributed by atoms with E-state index in [1.807, 2.05) is 19.8 Å². The van der Waals surface area contributed by atoms with Crippen molar-refractivity contribution in [3.8, 4) is 5.97 Å². The Morgan fingerprint density at radius 2 is 1.70 bits per heavy atom. The Morgan fingerprint density at radius 3 is 2.07 bits per heavy atom. The van der Waals surface area contributed by atoms with E-state index >= 15 is 0 Å². The van der Waals surface area contributed by atoms with Crippen LogP contribution in [0.15, 0.2) is 29.2 Å². The van der Waals surface area contributed by atoms with E-state index < -0.39 is 37.7 Å². The zero-order valence-electron chi connectivity index (χ0n) is 16.3. The van der Waals surface area contributed by atoms with Gasteiger partial charge in [-0.1, -0.05) is 33.3 Å². The van der Waals surface area contributed by atoms with Gasteiger partial charge in [0.05, 0.1) is 0 Å². The van der Waals surface area contributed by atoms with Crippen LogP contribution in [0.5, 0.6) is 0 Å². The lowest BCUT2D eigenvalue weighted by Gasteiger charge is -2.46. The van der Waals surface area contributed by atoms with Gasteiger partial charge in [-0.2, -0.15) is 11.8 Å². The van der Waals surface area contributed by atoms with Gasteiger partial charge >= 0.3 is 10.2 Å². The number of carbonyl (C=O) groups excluding carboxylic acids is 2. The Balaban J connectivity index is 0.00000218. The zero-order valence-corrected chi connectivity index (χ0v) is 17.9. The van der Waals surface area contributed by atoms with Crippen molar-refractivity contribution in [2.75, 3.05) is 6.26 Å². The van der Waals surface area contributed by atoms with Crippen molar-refractivity contribution in [3.05, 3.63) is 29.8 Å². The first kappa shape index (κ1) is 26.1. The maximum atomic E-state index is 12.8. The molecule has 0 bridgehead atoms. The highest BCUT2D eigenvalue weighted by Gasteiger charge is 2.65. The molecule has 14 heteroatoms. The highest BCUT2D eigenvalue weighted by Crippen LogP contribution is 3.02. The van der Waals surface area contributed by atoms with Crippen molar-refractivity contribution < 1.29 is 34.2 Å². The fourth-order valence-corrected chi connectivity index (χ4v) is 4.75. The zero-order chi connectivity index (χ0) is 23.4. The van der Waals surface area contributed by atoms with E-state index in [1.165, 1.54) is 17.2 Å². The Labute approximate surface area is 175 Å². The van der Waals surface area contributed by atoms with Crippen molar-refractivity contribution in [3.63, 3.8) is 0 Å². The fourth-order valence-electron chi connectivity index (χ4n) is 2.96. The molecule has 2 rings (SSSR count). The van der Waals surface area contributed by atoms with Crippen LogP contribution in [0.2, 0.25) is 12.6 Å². The molecule has 1 saturated heterocycles. The van der Waals surface area contributed by atoms with Crippen LogP contribution in [0.3, 0.4) is 0 Å². The molecule has 0 aromatic heterocycles. The number of amides is 2. The molecule has 1 aromatic rings.